The number of halogens is 3. The van der Waals surface area contributed by atoms with Crippen molar-refractivity contribution in [2.45, 2.75) is 6.42 Å². The van der Waals surface area contributed by atoms with Gasteiger partial charge in [-0.05, 0) is 6.42 Å². The maximum atomic E-state index is 12.3. The average molecular weight is 223 g/mol. The van der Waals surface area contributed by atoms with Gasteiger partial charge in [-0.1, -0.05) is 34.2 Å². The minimum absolute atomic E-state index is 0.442. The van der Waals surface area contributed by atoms with E-state index in [-0.39, 0.29) is 0 Å². The molecule has 0 amide bonds. The van der Waals surface area contributed by atoms with Crippen molar-refractivity contribution in [2.24, 2.45) is 5.41 Å². The van der Waals surface area contributed by atoms with Crippen LogP contribution in [-0.4, -0.2) is 13.3 Å². The Balaban J connectivity index is 2.71. The Hall–Kier alpha value is -0.180. The molecule has 0 nitrogen and oxygen atoms in total. The Labute approximate surface area is 73.1 Å². The summed E-state index contributed by atoms with van der Waals surface area (Å²) in [5.41, 5.74) is -0.878. The fourth-order valence-electron chi connectivity index (χ4n) is 0.927. The predicted molar refractivity (Wildman–Crippen MR) is 45.2 cm³/mol. The minimum atomic E-state index is -0.878. The molecular formula is C8H9BrF2. The lowest BCUT2D eigenvalue weighted by molar-refractivity contribution is 0.209. The van der Waals surface area contributed by atoms with Crippen LogP contribution in [0.25, 0.3) is 0 Å². The number of hydrogen-bond donors (Lipinski definition) is 0. The first-order chi connectivity index (χ1) is 5.22. The highest BCUT2D eigenvalue weighted by Crippen LogP contribution is 2.32. The lowest BCUT2D eigenvalue weighted by Crippen LogP contribution is -2.23. The molecule has 0 bridgehead atoms. The van der Waals surface area contributed by atoms with E-state index in [1.54, 1.807) is 18.2 Å². The zero-order valence-corrected chi connectivity index (χ0v) is 7.57. The summed E-state index contributed by atoms with van der Waals surface area (Å²) in [6.07, 6.45) is 5.52. The van der Waals surface area contributed by atoms with Crippen LogP contribution >= 0.6 is 15.9 Å². The summed E-state index contributed by atoms with van der Waals surface area (Å²) in [7, 11) is 0. The van der Waals surface area contributed by atoms with Crippen molar-refractivity contribution in [1.82, 2.24) is 0 Å². The Kier molecular flexibility index (Phi) is 2.82. The van der Waals surface area contributed by atoms with E-state index in [4.69, 9.17) is 0 Å². The van der Waals surface area contributed by atoms with Gasteiger partial charge in [0.25, 0.3) is 0 Å². The first kappa shape index (κ1) is 8.91. The van der Waals surface area contributed by atoms with Crippen molar-refractivity contribution in [3.8, 4) is 0 Å². The van der Waals surface area contributed by atoms with E-state index in [1.165, 1.54) is 0 Å². The highest BCUT2D eigenvalue weighted by atomic mass is 79.9. The molecule has 1 rings (SSSR count). The standard InChI is InChI=1S/C8H9BrF2/c9-7-1-3-8(5-10,6-11)4-2-7/h1-3H,4-6H2. The van der Waals surface area contributed by atoms with Gasteiger partial charge in [0.15, 0.2) is 0 Å². The van der Waals surface area contributed by atoms with Crippen LogP contribution in [0.4, 0.5) is 8.78 Å². The molecule has 0 heterocycles. The van der Waals surface area contributed by atoms with Gasteiger partial charge in [-0.25, -0.2) is 0 Å². The summed E-state index contributed by atoms with van der Waals surface area (Å²) in [5, 5.41) is 0. The third-order valence-electron chi connectivity index (χ3n) is 1.83. The Morgan fingerprint density at radius 1 is 1.45 bits per heavy atom. The third kappa shape index (κ3) is 1.89. The smallest absolute Gasteiger partial charge is 0.101 e. The summed E-state index contributed by atoms with van der Waals surface area (Å²) in [5.74, 6) is 0. The number of allylic oxidation sites excluding steroid dienone is 4. The quantitative estimate of drug-likeness (QED) is 0.674. The minimum Gasteiger partial charge on any atom is -0.250 e. The fraction of sp³-hybridized carbons (Fsp3) is 0.500. The number of rotatable bonds is 2. The van der Waals surface area contributed by atoms with Gasteiger partial charge < -0.3 is 0 Å². The van der Waals surface area contributed by atoms with Crippen LogP contribution in [0.15, 0.2) is 22.7 Å². The highest BCUT2D eigenvalue weighted by Gasteiger charge is 2.28. The summed E-state index contributed by atoms with van der Waals surface area (Å²) < 4.78 is 25.5. The molecule has 0 N–H and O–H groups in total. The van der Waals surface area contributed by atoms with Crippen molar-refractivity contribution >= 4 is 15.9 Å². The normalized spacial score (nSPS) is 21.5. The lowest BCUT2D eigenvalue weighted by Gasteiger charge is -2.24. The molecule has 0 aromatic carbocycles. The van der Waals surface area contributed by atoms with Gasteiger partial charge in [-0.2, -0.15) is 0 Å². The molecule has 62 valence electrons. The van der Waals surface area contributed by atoms with Crippen LogP contribution in [0.1, 0.15) is 6.42 Å². The SMILES string of the molecule is FCC1(CF)C=CC(Br)=CC1. The zero-order valence-electron chi connectivity index (χ0n) is 5.99. The second kappa shape index (κ2) is 3.48. The van der Waals surface area contributed by atoms with Gasteiger partial charge >= 0.3 is 0 Å². The van der Waals surface area contributed by atoms with E-state index in [9.17, 15) is 8.78 Å². The molecule has 0 saturated carbocycles. The summed E-state index contributed by atoms with van der Waals surface area (Å²) in [6, 6.07) is 0. The van der Waals surface area contributed by atoms with Crippen molar-refractivity contribution in [3.05, 3.63) is 22.7 Å². The van der Waals surface area contributed by atoms with Crippen molar-refractivity contribution < 1.29 is 8.78 Å². The molecule has 0 aromatic heterocycles. The molecule has 0 fully saturated rings. The second-order valence-corrected chi connectivity index (χ2v) is 3.67. The van der Waals surface area contributed by atoms with Gasteiger partial charge in [0.2, 0.25) is 0 Å². The summed E-state index contributed by atoms with van der Waals surface area (Å²) in [4.78, 5) is 0. The molecule has 0 radical (unpaired) electrons. The van der Waals surface area contributed by atoms with E-state index in [0.717, 1.165) is 4.48 Å². The van der Waals surface area contributed by atoms with Gasteiger partial charge in [0.05, 0.1) is 0 Å². The average Bonchev–Trinajstić information content (AvgIpc) is 2.07. The molecule has 1 aliphatic carbocycles. The first-order valence-corrected chi connectivity index (χ1v) is 4.18. The maximum Gasteiger partial charge on any atom is 0.101 e. The zero-order chi connectivity index (χ0) is 8.32. The Morgan fingerprint density at radius 2 is 2.09 bits per heavy atom. The van der Waals surface area contributed by atoms with Crippen LogP contribution in [0.3, 0.4) is 0 Å². The van der Waals surface area contributed by atoms with Gasteiger partial charge in [-0.15, -0.1) is 0 Å². The fourth-order valence-corrected chi connectivity index (χ4v) is 1.22. The lowest BCUT2D eigenvalue weighted by atomic mass is 9.84. The molecule has 0 atom stereocenters. The molecule has 1 aliphatic rings. The molecule has 11 heavy (non-hydrogen) atoms. The van der Waals surface area contributed by atoms with Crippen LogP contribution in [0, 0.1) is 5.41 Å². The van der Waals surface area contributed by atoms with Gasteiger partial charge in [0.1, 0.15) is 13.3 Å². The van der Waals surface area contributed by atoms with Gasteiger partial charge in [-0.3, -0.25) is 8.78 Å². The Morgan fingerprint density at radius 3 is 2.45 bits per heavy atom. The number of hydrogen-bond acceptors (Lipinski definition) is 0. The van der Waals surface area contributed by atoms with Crippen LogP contribution in [0.5, 0.6) is 0 Å². The largest absolute Gasteiger partial charge is 0.250 e. The summed E-state index contributed by atoms with van der Waals surface area (Å²) in [6.45, 7) is -1.26. The van der Waals surface area contributed by atoms with Gasteiger partial charge in [0, 0.05) is 9.90 Å². The second-order valence-electron chi connectivity index (χ2n) is 2.76. The first-order valence-electron chi connectivity index (χ1n) is 3.39. The van der Waals surface area contributed by atoms with Crippen LogP contribution in [0.2, 0.25) is 0 Å². The van der Waals surface area contributed by atoms with E-state index in [1.807, 2.05) is 0 Å². The summed E-state index contributed by atoms with van der Waals surface area (Å²) >= 11 is 3.23. The van der Waals surface area contributed by atoms with E-state index >= 15 is 0 Å². The van der Waals surface area contributed by atoms with Crippen LogP contribution in [-0.2, 0) is 0 Å². The molecule has 0 aromatic rings. The molecule has 0 unspecified atom stereocenters. The molecular weight excluding hydrogens is 214 g/mol. The van der Waals surface area contributed by atoms with E-state index < -0.39 is 18.8 Å². The Bertz CT molecular complexity index is 192. The number of alkyl halides is 2. The monoisotopic (exact) mass is 222 g/mol. The maximum absolute atomic E-state index is 12.3. The van der Waals surface area contributed by atoms with Crippen LogP contribution < -0.4 is 0 Å². The van der Waals surface area contributed by atoms with Crippen molar-refractivity contribution in [1.29, 1.82) is 0 Å². The van der Waals surface area contributed by atoms with E-state index in [2.05, 4.69) is 15.9 Å². The van der Waals surface area contributed by atoms with Crippen molar-refractivity contribution in [2.75, 3.05) is 13.3 Å². The molecule has 0 spiro atoms. The highest BCUT2D eigenvalue weighted by molar-refractivity contribution is 9.11. The predicted octanol–water partition coefficient (Wildman–Crippen LogP) is 3.15. The molecule has 0 aliphatic heterocycles. The topological polar surface area (TPSA) is 0 Å². The third-order valence-corrected chi connectivity index (χ3v) is 2.42. The molecule has 0 saturated heterocycles. The molecule has 3 heteroatoms. The van der Waals surface area contributed by atoms with E-state index in [0.29, 0.717) is 6.42 Å². The van der Waals surface area contributed by atoms with Crippen molar-refractivity contribution in [3.63, 3.8) is 0 Å².